The highest BCUT2D eigenvalue weighted by molar-refractivity contribution is 7.98. The highest BCUT2D eigenvalue weighted by Crippen LogP contribution is 2.33. The van der Waals surface area contributed by atoms with Gasteiger partial charge < -0.3 is 19.7 Å². The Morgan fingerprint density at radius 2 is 1.69 bits per heavy atom. The quantitative estimate of drug-likeness (QED) is 0.305. The average molecular weight is 519 g/mol. The topological polar surface area (TPSA) is 76.6 Å². The van der Waals surface area contributed by atoms with Crippen molar-refractivity contribution in [2.24, 2.45) is 0 Å². The van der Waals surface area contributed by atoms with E-state index in [0.717, 1.165) is 29.0 Å². The van der Waals surface area contributed by atoms with Crippen molar-refractivity contribution in [1.82, 2.24) is 15.3 Å². The normalized spacial score (nSPS) is 12.5. The Labute approximate surface area is 211 Å². The summed E-state index contributed by atoms with van der Waals surface area (Å²) in [6.07, 6.45) is -4.56. The molecule has 11 heteroatoms. The first kappa shape index (κ1) is 25.6. The number of hydrogen-bond donors (Lipinski definition) is 1. The number of fused-ring (bicyclic) bond motifs is 1. The number of benzene rings is 2. The lowest BCUT2D eigenvalue weighted by Gasteiger charge is -2.21. The first-order chi connectivity index (χ1) is 17.3. The molecule has 0 saturated heterocycles. The van der Waals surface area contributed by atoms with E-state index >= 15 is 0 Å². The summed E-state index contributed by atoms with van der Waals surface area (Å²) in [6.45, 7) is 5.30. The molecule has 1 amide bonds. The zero-order chi connectivity index (χ0) is 25.7. The molecule has 1 N–H and O–H groups in total. The Morgan fingerprint density at radius 1 is 1.00 bits per heavy atom. The van der Waals surface area contributed by atoms with Gasteiger partial charge in [-0.1, -0.05) is 30.0 Å². The van der Waals surface area contributed by atoms with Crippen LogP contribution in [0, 0.1) is 0 Å². The van der Waals surface area contributed by atoms with Crippen LogP contribution in [-0.2, 0) is 18.5 Å². The summed E-state index contributed by atoms with van der Waals surface area (Å²) in [5.74, 6) is 1.70. The monoisotopic (exact) mass is 518 g/mol. The first-order valence-corrected chi connectivity index (χ1v) is 12.3. The molecule has 4 rings (SSSR count). The number of nitrogens with one attached hydrogen (secondary N) is 1. The zero-order valence-electron chi connectivity index (χ0n) is 19.8. The number of hydrogen-bond acceptors (Lipinski definition) is 7. The number of amides is 1. The van der Waals surface area contributed by atoms with E-state index in [2.05, 4.69) is 15.3 Å². The molecule has 1 aromatic heterocycles. The molecule has 7 nitrogen and oxygen atoms in total. The molecule has 0 radical (unpaired) electrons. The van der Waals surface area contributed by atoms with Gasteiger partial charge in [-0.05, 0) is 49.2 Å². The maximum Gasteiger partial charge on any atom is 0.433 e. The van der Waals surface area contributed by atoms with Gasteiger partial charge in [0.25, 0.3) is 5.91 Å². The van der Waals surface area contributed by atoms with Crippen molar-refractivity contribution in [3.63, 3.8) is 0 Å². The van der Waals surface area contributed by atoms with Gasteiger partial charge in [0.05, 0.1) is 0 Å². The molecule has 1 aliphatic heterocycles. The SMILES string of the molecule is CCN(CC)c1cc(C(F)(F)F)nc(SCc2ccc(C(=O)NCc3ccc4c(c3)OCO4)cc2)n1. The van der Waals surface area contributed by atoms with Gasteiger partial charge in [-0.15, -0.1) is 0 Å². The summed E-state index contributed by atoms with van der Waals surface area (Å²) < 4.78 is 50.7. The molecule has 1 aliphatic rings. The molecule has 0 spiro atoms. The minimum absolute atomic E-state index is 0.0530. The highest BCUT2D eigenvalue weighted by Gasteiger charge is 2.34. The van der Waals surface area contributed by atoms with Gasteiger partial charge in [-0.2, -0.15) is 13.2 Å². The molecule has 0 unspecified atom stereocenters. The van der Waals surface area contributed by atoms with E-state index < -0.39 is 11.9 Å². The Morgan fingerprint density at radius 3 is 2.39 bits per heavy atom. The summed E-state index contributed by atoms with van der Waals surface area (Å²) in [4.78, 5) is 22.3. The molecular formula is C25H25F3N4O3S. The molecular weight excluding hydrogens is 493 g/mol. The van der Waals surface area contributed by atoms with Crippen LogP contribution in [0.4, 0.5) is 19.0 Å². The van der Waals surface area contributed by atoms with Gasteiger partial charge in [0, 0.05) is 37.0 Å². The fraction of sp³-hybridized carbons (Fsp3) is 0.320. The van der Waals surface area contributed by atoms with Gasteiger partial charge in [0.1, 0.15) is 5.82 Å². The van der Waals surface area contributed by atoms with Crippen molar-refractivity contribution >= 4 is 23.5 Å². The van der Waals surface area contributed by atoms with Crippen LogP contribution in [0.15, 0.2) is 53.7 Å². The minimum Gasteiger partial charge on any atom is -0.454 e. The molecule has 0 bridgehead atoms. The van der Waals surface area contributed by atoms with Gasteiger partial charge in [0.15, 0.2) is 22.3 Å². The lowest BCUT2D eigenvalue weighted by Crippen LogP contribution is -2.24. The number of rotatable bonds is 9. The van der Waals surface area contributed by atoms with Crippen LogP contribution in [0.1, 0.15) is 41.0 Å². The van der Waals surface area contributed by atoms with Crippen LogP contribution in [0.5, 0.6) is 11.5 Å². The summed E-state index contributed by atoms with van der Waals surface area (Å²) in [7, 11) is 0. The Hall–Kier alpha value is -3.47. The van der Waals surface area contributed by atoms with Crippen molar-refractivity contribution in [2.45, 2.75) is 37.5 Å². The van der Waals surface area contributed by atoms with Crippen molar-refractivity contribution in [3.8, 4) is 11.5 Å². The number of aromatic nitrogens is 2. The average Bonchev–Trinajstić information content (AvgIpc) is 3.34. The number of alkyl halides is 3. The van der Waals surface area contributed by atoms with Crippen LogP contribution >= 0.6 is 11.8 Å². The predicted octanol–water partition coefficient (Wildman–Crippen LogP) is 5.29. The summed E-state index contributed by atoms with van der Waals surface area (Å²) in [5.41, 5.74) is 1.23. The number of ether oxygens (including phenoxy) is 2. The van der Waals surface area contributed by atoms with Crippen molar-refractivity contribution in [3.05, 3.63) is 70.9 Å². The number of thioether (sulfide) groups is 1. The molecule has 2 aromatic carbocycles. The molecule has 0 aliphatic carbocycles. The van der Waals surface area contributed by atoms with Gasteiger partial charge in [0.2, 0.25) is 6.79 Å². The number of carbonyl (C=O) groups is 1. The van der Waals surface area contributed by atoms with Crippen LogP contribution in [-0.4, -0.2) is 35.8 Å². The number of anilines is 1. The number of halogens is 3. The predicted molar refractivity (Wildman–Crippen MR) is 130 cm³/mol. The summed E-state index contributed by atoms with van der Waals surface area (Å²) in [5, 5.41) is 2.91. The third kappa shape index (κ3) is 6.20. The van der Waals surface area contributed by atoms with Gasteiger partial charge in [-0.25, -0.2) is 9.97 Å². The van der Waals surface area contributed by atoms with E-state index in [1.807, 2.05) is 26.0 Å². The maximum atomic E-state index is 13.4. The standard InChI is InChI=1S/C25H25F3N4O3S/c1-3-32(4-2)22-12-21(25(26,27)28)30-24(31-22)36-14-16-5-8-18(9-6-16)23(33)29-13-17-7-10-19-20(11-17)35-15-34-19/h5-12H,3-4,13-15H2,1-2H3,(H,29,33). The Kier molecular flexibility index (Phi) is 7.88. The van der Waals surface area contributed by atoms with Gasteiger partial charge in [-0.3, -0.25) is 4.79 Å². The lowest BCUT2D eigenvalue weighted by atomic mass is 10.1. The van der Waals surface area contributed by atoms with Crippen LogP contribution in [0.2, 0.25) is 0 Å². The smallest absolute Gasteiger partial charge is 0.433 e. The van der Waals surface area contributed by atoms with Crippen LogP contribution in [0.3, 0.4) is 0 Å². The lowest BCUT2D eigenvalue weighted by molar-refractivity contribution is -0.141. The summed E-state index contributed by atoms with van der Waals surface area (Å²) in [6, 6.07) is 13.4. The molecule has 190 valence electrons. The fourth-order valence-electron chi connectivity index (χ4n) is 3.57. The molecule has 0 atom stereocenters. The third-order valence-corrected chi connectivity index (χ3v) is 6.46. The van der Waals surface area contributed by atoms with E-state index in [9.17, 15) is 18.0 Å². The number of carbonyl (C=O) groups excluding carboxylic acids is 1. The maximum absolute atomic E-state index is 13.4. The molecule has 2 heterocycles. The van der Waals surface area contributed by atoms with Crippen LogP contribution in [0.25, 0.3) is 0 Å². The number of nitrogens with zero attached hydrogens (tertiary/aromatic N) is 3. The molecule has 36 heavy (non-hydrogen) atoms. The van der Waals surface area contributed by atoms with Crippen molar-refractivity contribution in [1.29, 1.82) is 0 Å². The highest BCUT2D eigenvalue weighted by atomic mass is 32.2. The van der Waals surface area contributed by atoms with Crippen LogP contribution < -0.4 is 19.7 Å². The minimum atomic E-state index is -4.56. The Balaban J connectivity index is 1.37. The van der Waals surface area contributed by atoms with E-state index in [-0.39, 0.29) is 23.7 Å². The van der Waals surface area contributed by atoms with E-state index in [0.29, 0.717) is 42.4 Å². The second kappa shape index (κ2) is 11.1. The molecule has 0 saturated carbocycles. The summed E-state index contributed by atoms with van der Waals surface area (Å²) >= 11 is 1.12. The first-order valence-electron chi connectivity index (χ1n) is 11.4. The fourth-order valence-corrected chi connectivity index (χ4v) is 4.38. The zero-order valence-corrected chi connectivity index (χ0v) is 20.6. The molecule has 0 fully saturated rings. The van der Waals surface area contributed by atoms with E-state index in [4.69, 9.17) is 9.47 Å². The van der Waals surface area contributed by atoms with Crippen molar-refractivity contribution < 1.29 is 27.4 Å². The molecule has 3 aromatic rings. The third-order valence-electron chi connectivity index (χ3n) is 5.54. The Bertz CT molecular complexity index is 1220. The second-order valence-corrected chi connectivity index (χ2v) is 8.86. The second-order valence-electron chi connectivity index (χ2n) is 7.92. The van der Waals surface area contributed by atoms with E-state index in [1.165, 1.54) is 0 Å². The van der Waals surface area contributed by atoms with E-state index in [1.54, 1.807) is 35.2 Å². The largest absolute Gasteiger partial charge is 0.454 e. The van der Waals surface area contributed by atoms with Gasteiger partial charge >= 0.3 is 6.18 Å². The van der Waals surface area contributed by atoms with Crippen molar-refractivity contribution in [2.75, 3.05) is 24.8 Å².